The first-order valence-corrected chi connectivity index (χ1v) is 7.72. The molecule has 2 aliphatic rings. The number of nitrogens with zero attached hydrogens (tertiary/aromatic N) is 2. The van der Waals surface area contributed by atoms with Gasteiger partial charge in [-0.2, -0.15) is 0 Å². The number of piperidine rings is 1. The van der Waals surface area contributed by atoms with Crippen molar-refractivity contribution in [2.45, 2.75) is 32.1 Å². The fourth-order valence-electron chi connectivity index (χ4n) is 2.78. The second-order valence-electron chi connectivity index (χ2n) is 5.30. The van der Waals surface area contributed by atoms with Crippen LogP contribution in [0.3, 0.4) is 0 Å². The number of hydrogen-bond donors (Lipinski definition) is 2. The van der Waals surface area contributed by atoms with Gasteiger partial charge in [0.2, 0.25) is 0 Å². The van der Waals surface area contributed by atoms with Gasteiger partial charge in [0, 0.05) is 18.0 Å². The van der Waals surface area contributed by atoms with Gasteiger partial charge in [0.05, 0.1) is 11.6 Å². The highest BCUT2D eigenvalue weighted by molar-refractivity contribution is 7.15. The van der Waals surface area contributed by atoms with Crippen LogP contribution in [0.1, 0.15) is 29.8 Å². The Morgan fingerprint density at radius 3 is 2.95 bits per heavy atom. The lowest BCUT2D eigenvalue weighted by Crippen LogP contribution is -2.44. The van der Waals surface area contributed by atoms with Crippen molar-refractivity contribution in [1.82, 2.24) is 9.88 Å². The molecule has 0 spiro atoms. The summed E-state index contributed by atoms with van der Waals surface area (Å²) < 4.78 is 0. The molecule has 0 unspecified atom stereocenters. The Bertz CT molecular complexity index is 521. The van der Waals surface area contributed by atoms with E-state index in [1.54, 1.807) is 4.90 Å². The molecule has 2 N–H and O–H groups in total. The number of likely N-dealkylation sites (tertiary alicyclic amines) is 1. The molecule has 1 aromatic heterocycles. The summed E-state index contributed by atoms with van der Waals surface area (Å²) in [5.41, 5.74) is 1.10. The number of carbonyl (C=O) groups is 2. The molecular formula is C13H17N3O3S. The van der Waals surface area contributed by atoms with Crippen LogP contribution in [-0.4, -0.2) is 40.1 Å². The highest BCUT2D eigenvalue weighted by Gasteiger charge is 2.28. The number of amides is 2. The van der Waals surface area contributed by atoms with Gasteiger partial charge in [0.1, 0.15) is 0 Å². The highest BCUT2D eigenvalue weighted by atomic mass is 32.1. The maximum Gasteiger partial charge on any atom is 0.323 e. The Morgan fingerprint density at radius 1 is 1.35 bits per heavy atom. The summed E-state index contributed by atoms with van der Waals surface area (Å²) in [5, 5.41) is 12.5. The van der Waals surface area contributed by atoms with E-state index in [0.717, 1.165) is 31.4 Å². The Balaban J connectivity index is 1.62. The van der Waals surface area contributed by atoms with Crippen LogP contribution in [0.2, 0.25) is 0 Å². The smallest absolute Gasteiger partial charge is 0.323 e. The van der Waals surface area contributed by atoms with Gasteiger partial charge in [0.15, 0.2) is 5.13 Å². The van der Waals surface area contributed by atoms with Crippen LogP contribution in [0.4, 0.5) is 9.93 Å². The molecule has 1 atom stereocenters. The average molecular weight is 295 g/mol. The zero-order chi connectivity index (χ0) is 14.1. The van der Waals surface area contributed by atoms with Gasteiger partial charge in [-0.3, -0.25) is 10.1 Å². The van der Waals surface area contributed by atoms with Gasteiger partial charge in [0.25, 0.3) is 0 Å². The van der Waals surface area contributed by atoms with E-state index in [9.17, 15) is 9.59 Å². The molecule has 1 aliphatic carbocycles. The van der Waals surface area contributed by atoms with Crippen molar-refractivity contribution in [2.75, 3.05) is 18.4 Å². The molecule has 0 aromatic carbocycles. The van der Waals surface area contributed by atoms with E-state index >= 15 is 0 Å². The van der Waals surface area contributed by atoms with Crippen LogP contribution in [0.5, 0.6) is 0 Å². The van der Waals surface area contributed by atoms with Crippen molar-refractivity contribution in [3.63, 3.8) is 0 Å². The van der Waals surface area contributed by atoms with Crippen LogP contribution < -0.4 is 5.32 Å². The van der Waals surface area contributed by atoms with Crippen LogP contribution in [0.25, 0.3) is 0 Å². The minimum absolute atomic E-state index is 0.233. The van der Waals surface area contributed by atoms with Gasteiger partial charge in [-0.25, -0.2) is 9.78 Å². The van der Waals surface area contributed by atoms with Crippen LogP contribution in [-0.2, 0) is 17.6 Å². The summed E-state index contributed by atoms with van der Waals surface area (Å²) in [5.74, 6) is -1.27. The van der Waals surface area contributed by atoms with E-state index in [1.807, 2.05) is 0 Å². The third-order valence-electron chi connectivity index (χ3n) is 3.87. The lowest BCUT2D eigenvalue weighted by molar-refractivity contribution is -0.143. The predicted molar refractivity (Wildman–Crippen MR) is 75.1 cm³/mol. The first kappa shape index (κ1) is 13.4. The van der Waals surface area contributed by atoms with Crippen LogP contribution in [0.15, 0.2) is 0 Å². The maximum atomic E-state index is 12.2. The standard InChI is InChI=1S/C13H17N3O3S/c17-11(18)8-3-2-6-16(7-8)13(19)15-12-14-9-4-1-5-10(9)20-12/h8H,1-7H2,(H,17,18)(H,14,15,19)/t8-/m0/s1. The minimum atomic E-state index is -0.823. The molecule has 0 saturated carbocycles. The number of aromatic nitrogens is 1. The topological polar surface area (TPSA) is 82.5 Å². The van der Waals surface area contributed by atoms with E-state index in [4.69, 9.17) is 5.11 Å². The molecule has 0 radical (unpaired) electrons. The van der Waals surface area contributed by atoms with Crippen molar-refractivity contribution >= 4 is 28.5 Å². The van der Waals surface area contributed by atoms with Crippen molar-refractivity contribution < 1.29 is 14.7 Å². The summed E-state index contributed by atoms with van der Waals surface area (Å²) in [7, 11) is 0. The number of rotatable bonds is 2. The Labute approximate surface area is 120 Å². The Kier molecular flexibility index (Phi) is 3.60. The lowest BCUT2D eigenvalue weighted by Gasteiger charge is -2.30. The normalized spacial score (nSPS) is 21.6. The maximum absolute atomic E-state index is 12.2. The SMILES string of the molecule is O=C(O)[C@H]1CCCN(C(=O)Nc2nc3c(s2)CCC3)C1. The summed E-state index contributed by atoms with van der Waals surface area (Å²) >= 11 is 1.54. The number of carboxylic acid groups (broad SMARTS) is 1. The molecule has 1 aromatic rings. The molecule has 7 heteroatoms. The molecule has 2 amide bonds. The number of carboxylic acids is 1. The van der Waals surface area contributed by atoms with Crippen LogP contribution in [0, 0.1) is 5.92 Å². The number of hydrogen-bond acceptors (Lipinski definition) is 4. The number of anilines is 1. The molecule has 3 rings (SSSR count). The second-order valence-corrected chi connectivity index (χ2v) is 6.38. The number of thiazole rings is 1. The molecule has 0 bridgehead atoms. The van der Waals surface area contributed by atoms with Gasteiger partial charge in [-0.05, 0) is 32.1 Å². The van der Waals surface area contributed by atoms with Crippen molar-refractivity contribution in [3.05, 3.63) is 10.6 Å². The first-order valence-electron chi connectivity index (χ1n) is 6.91. The molecular weight excluding hydrogens is 278 g/mol. The average Bonchev–Trinajstić information content (AvgIpc) is 2.99. The molecule has 1 fully saturated rings. The summed E-state index contributed by atoms with van der Waals surface area (Å²) in [6.07, 6.45) is 4.57. The molecule has 2 heterocycles. The van der Waals surface area contributed by atoms with Gasteiger partial charge in [-0.1, -0.05) is 0 Å². The van der Waals surface area contributed by atoms with Crippen molar-refractivity contribution in [1.29, 1.82) is 0 Å². The fraction of sp³-hybridized carbons (Fsp3) is 0.615. The predicted octanol–water partition coefficient (Wildman–Crippen LogP) is 1.96. The van der Waals surface area contributed by atoms with Gasteiger partial charge >= 0.3 is 12.0 Å². The van der Waals surface area contributed by atoms with Crippen molar-refractivity contribution in [3.8, 4) is 0 Å². The largest absolute Gasteiger partial charge is 0.481 e. The highest BCUT2D eigenvalue weighted by Crippen LogP contribution is 2.30. The van der Waals surface area contributed by atoms with E-state index in [0.29, 0.717) is 18.1 Å². The number of fused-ring (bicyclic) bond motifs is 1. The quantitative estimate of drug-likeness (QED) is 0.873. The molecule has 20 heavy (non-hydrogen) atoms. The number of carbonyl (C=O) groups excluding carboxylic acids is 1. The van der Waals surface area contributed by atoms with E-state index in [-0.39, 0.29) is 12.6 Å². The van der Waals surface area contributed by atoms with E-state index in [2.05, 4.69) is 10.3 Å². The Hall–Kier alpha value is -1.63. The zero-order valence-electron chi connectivity index (χ0n) is 11.1. The number of nitrogens with one attached hydrogen (secondary N) is 1. The molecule has 6 nitrogen and oxygen atoms in total. The summed E-state index contributed by atoms with van der Waals surface area (Å²) in [6.45, 7) is 0.896. The van der Waals surface area contributed by atoms with Crippen molar-refractivity contribution in [2.24, 2.45) is 5.92 Å². The molecule has 1 saturated heterocycles. The number of urea groups is 1. The third kappa shape index (κ3) is 2.63. The summed E-state index contributed by atoms with van der Waals surface area (Å²) in [4.78, 5) is 30.4. The molecule has 108 valence electrons. The fourth-order valence-corrected chi connectivity index (χ4v) is 3.82. The monoisotopic (exact) mass is 295 g/mol. The zero-order valence-corrected chi connectivity index (χ0v) is 11.9. The number of aliphatic carboxylic acids is 1. The Morgan fingerprint density at radius 2 is 2.20 bits per heavy atom. The van der Waals surface area contributed by atoms with Crippen LogP contribution >= 0.6 is 11.3 Å². The molecule has 1 aliphatic heterocycles. The van der Waals surface area contributed by atoms with Gasteiger partial charge < -0.3 is 10.0 Å². The minimum Gasteiger partial charge on any atom is -0.481 e. The van der Waals surface area contributed by atoms with Gasteiger partial charge in [-0.15, -0.1) is 11.3 Å². The third-order valence-corrected chi connectivity index (χ3v) is 4.94. The number of aryl methyl sites for hydroxylation is 2. The summed E-state index contributed by atoms with van der Waals surface area (Å²) in [6, 6.07) is -0.233. The van der Waals surface area contributed by atoms with E-state index < -0.39 is 11.9 Å². The lowest BCUT2D eigenvalue weighted by atomic mass is 9.99. The first-order chi connectivity index (χ1) is 9.63. The second kappa shape index (κ2) is 5.40. The van der Waals surface area contributed by atoms with E-state index in [1.165, 1.54) is 16.2 Å².